The summed E-state index contributed by atoms with van der Waals surface area (Å²) in [6.07, 6.45) is 3.50. The Hall–Kier alpha value is -3.15. The molecule has 6 nitrogen and oxygen atoms in total. The number of aromatic hydroxyl groups is 1. The van der Waals surface area contributed by atoms with Gasteiger partial charge in [-0.3, -0.25) is 4.98 Å². The Morgan fingerprint density at radius 3 is 2.50 bits per heavy atom. The van der Waals surface area contributed by atoms with Gasteiger partial charge in [0.05, 0.1) is 5.69 Å². The number of anilines is 3. The lowest BCUT2D eigenvalue weighted by Crippen LogP contribution is -2.13. The number of nitrogens with zero attached hydrogens (tertiary/aromatic N) is 3. The number of hydrogen-bond acceptors (Lipinski definition) is 6. The maximum Gasteiger partial charge on any atom is 0.225 e. The lowest BCUT2D eigenvalue weighted by atomic mass is 10.2. The first-order valence-electron chi connectivity index (χ1n) is 7.72. The minimum absolute atomic E-state index is 0.218. The van der Waals surface area contributed by atoms with Crippen LogP contribution in [0, 0.1) is 0 Å². The van der Waals surface area contributed by atoms with Gasteiger partial charge in [0.1, 0.15) is 11.6 Å². The first-order chi connectivity index (χ1) is 11.6. The molecule has 0 saturated heterocycles. The van der Waals surface area contributed by atoms with Crippen molar-refractivity contribution in [3.05, 3.63) is 54.9 Å². The molecule has 0 atom stereocenters. The second kappa shape index (κ2) is 6.95. The van der Waals surface area contributed by atoms with E-state index in [0.29, 0.717) is 11.8 Å². The average Bonchev–Trinajstić information content (AvgIpc) is 2.57. The molecule has 0 fully saturated rings. The summed E-state index contributed by atoms with van der Waals surface area (Å²) < 4.78 is 0. The fourth-order valence-corrected chi connectivity index (χ4v) is 2.19. The first kappa shape index (κ1) is 15.7. The number of phenolic OH excluding ortho intramolecular Hbond substituents is 1. The molecule has 0 spiro atoms. The Morgan fingerprint density at radius 1 is 1.04 bits per heavy atom. The van der Waals surface area contributed by atoms with Crippen LogP contribution in [0.4, 0.5) is 17.5 Å². The zero-order valence-electron chi connectivity index (χ0n) is 13.6. The van der Waals surface area contributed by atoms with Gasteiger partial charge in [0.15, 0.2) is 0 Å². The minimum atomic E-state index is 0.218. The Labute approximate surface area is 140 Å². The topological polar surface area (TPSA) is 83.0 Å². The number of rotatable bonds is 5. The van der Waals surface area contributed by atoms with Crippen molar-refractivity contribution in [3.8, 4) is 17.0 Å². The van der Waals surface area contributed by atoms with Crippen molar-refractivity contribution in [1.29, 1.82) is 0 Å². The van der Waals surface area contributed by atoms with Crippen molar-refractivity contribution < 1.29 is 5.11 Å². The molecular formula is C18H19N5O. The van der Waals surface area contributed by atoms with E-state index in [9.17, 15) is 5.11 Å². The molecule has 0 aliphatic rings. The van der Waals surface area contributed by atoms with Gasteiger partial charge in [-0.2, -0.15) is 4.98 Å². The second-order valence-corrected chi connectivity index (χ2v) is 5.67. The summed E-state index contributed by atoms with van der Waals surface area (Å²) in [4.78, 5) is 13.2. The molecule has 0 aliphatic carbocycles. The Kier molecular flexibility index (Phi) is 4.56. The highest BCUT2D eigenvalue weighted by atomic mass is 16.3. The van der Waals surface area contributed by atoms with Crippen molar-refractivity contribution in [2.45, 2.75) is 19.9 Å². The van der Waals surface area contributed by atoms with Crippen LogP contribution in [0.1, 0.15) is 13.8 Å². The molecule has 0 amide bonds. The van der Waals surface area contributed by atoms with Gasteiger partial charge >= 0.3 is 0 Å². The molecule has 3 N–H and O–H groups in total. The van der Waals surface area contributed by atoms with Crippen LogP contribution in [0.15, 0.2) is 54.9 Å². The van der Waals surface area contributed by atoms with Crippen molar-refractivity contribution >= 4 is 17.5 Å². The summed E-state index contributed by atoms with van der Waals surface area (Å²) in [6, 6.07) is 12.7. The predicted octanol–water partition coefficient (Wildman–Crippen LogP) is 3.81. The monoisotopic (exact) mass is 321 g/mol. The third kappa shape index (κ3) is 3.98. The molecule has 3 rings (SSSR count). The predicted molar refractivity (Wildman–Crippen MR) is 95.4 cm³/mol. The SMILES string of the molecule is CC(C)Nc1nc(Nc2ccc(O)cc2)cc(-c2cccnc2)n1. The molecule has 122 valence electrons. The van der Waals surface area contributed by atoms with E-state index < -0.39 is 0 Å². The zero-order valence-corrected chi connectivity index (χ0v) is 13.6. The van der Waals surface area contributed by atoms with Crippen LogP contribution in [0.2, 0.25) is 0 Å². The largest absolute Gasteiger partial charge is 0.508 e. The van der Waals surface area contributed by atoms with Crippen molar-refractivity contribution in [1.82, 2.24) is 15.0 Å². The van der Waals surface area contributed by atoms with Gasteiger partial charge in [-0.25, -0.2) is 4.98 Å². The Balaban J connectivity index is 1.96. The third-order valence-corrected chi connectivity index (χ3v) is 3.24. The van der Waals surface area contributed by atoms with Gasteiger partial charge in [0.25, 0.3) is 0 Å². The highest BCUT2D eigenvalue weighted by Gasteiger charge is 2.08. The van der Waals surface area contributed by atoms with E-state index in [4.69, 9.17) is 0 Å². The third-order valence-electron chi connectivity index (χ3n) is 3.24. The molecule has 0 radical (unpaired) electrons. The average molecular weight is 321 g/mol. The fraction of sp³-hybridized carbons (Fsp3) is 0.167. The summed E-state index contributed by atoms with van der Waals surface area (Å²) in [6.45, 7) is 4.07. The smallest absolute Gasteiger partial charge is 0.225 e. The van der Waals surface area contributed by atoms with Gasteiger partial charge in [-0.1, -0.05) is 0 Å². The van der Waals surface area contributed by atoms with E-state index in [0.717, 1.165) is 16.9 Å². The molecule has 6 heteroatoms. The van der Waals surface area contributed by atoms with Crippen molar-refractivity contribution in [2.24, 2.45) is 0 Å². The van der Waals surface area contributed by atoms with Gasteiger partial charge < -0.3 is 15.7 Å². The summed E-state index contributed by atoms with van der Waals surface area (Å²) in [7, 11) is 0. The fourth-order valence-electron chi connectivity index (χ4n) is 2.19. The number of hydrogen-bond donors (Lipinski definition) is 3. The number of nitrogens with one attached hydrogen (secondary N) is 2. The second-order valence-electron chi connectivity index (χ2n) is 5.67. The van der Waals surface area contributed by atoms with E-state index in [1.54, 1.807) is 36.7 Å². The van der Waals surface area contributed by atoms with E-state index in [-0.39, 0.29) is 11.8 Å². The van der Waals surface area contributed by atoms with Crippen LogP contribution in [-0.4, -0.2) is 26.1 Å². The number of phenols is 1. The normalized spacial score (nSPS) is 10.6. The van der Waals surface area contributed by atoms with Crippen molar-refractivity contribution in [3.63, 3.8) is 0 Å². The van der Waals surface area contributed by atoms with Gasteiger partial charge in [0, 0.05) is 35.8 Å². The quantitative estimate of drug-likeness (QED) is 0.620. The van der Waals surface area contributed by atoms with Crippen LogP contribution >= 0.6 is 0 Å². The van der Waals surface area contributed by atoms with Crippen LogP contribution in [0.25, 0.3) is 11.3 Å². The molecule has 0 aliphatic heterocycles. The summed E-state index contributed by atoms with van der Waals surface area (Å²) >= 11 is 0. The molecule has 0 unspecified atom stereocenters. The highest BCUT2D eigenvalue weighted by Crippen LogP contribution is 2.24. The number of pyridine rings is 1. The molecule has 24 heavy (non-hydrogen) atoms. The number of aromatic nitrogens is 3. The molecule has 0 saturated carbocycles. The minimum Gasteiger partial charge on any atom is -0.508 e. The zero-order chi connectivity index (χ0) is 16.9. The van der Waals surface area contributed by atoms with Crippen LogP contribution in [-0.2, 0) is 0 Å². The Bertz CT molecular complexity index is 803. The highest BCUT2D eigenvalue weighted by molar-refractivity contribution is 5.67. The summed E-state index contributed by atoms with van der Waals surface area (Å²) in [5.74, 6) is 1.44. The van der Waals surface area contributed by atoms with Crippen LogP contribution in [0.3, 0.4) is 0 Å². The summed E-state index contributed by atoms with van der Waals surface area (Å²) in [5, 5.41) is 15.8. The first-order valence-corrected chi connectivity index (χ1v) is 7.72. The van der Waals surface area contributed by atoms with E-state index in [2.05, 4.69) is 25.6 Å². The van der Waals surface area contributed by atoms with Gasteiger partial charge in [-0.15, -0.1) is 0 Å². The Morgan fingerprint density at radius 2 is 1.83 bits per heavy atom. The molecule has 2 aromatic heterocycles. The molecule has 2 heterocycles. The van der Waals surface area contributed by atoms with E-state index in [1.165, 1.54) is 0 Å². The lowest BCUT2D eigenvalue weighted by Gasteiger charge is -2.13. The molecule has 3 aromatic rings. The summed E-state index contributed by atoms with van der Waals surface area (Å²) in [5.41, 5.74) is 2.53. The molecular weight excluding hydrogens is 302 g/mol. The van der Waals surface area contributed by atoms with Crippen LogP contribution < -0.4 is 10.6 Å². The van der Waals surface area contributed by atoms with E-state index >= 15 is 0 Å². The molecule has 1 aromatic carbocycles. The number of benzene rings is 1. The molecule has 0 bridgehead atoms. The maximum absolute atomic E-state index is 9.39. The van der Waals surface area contributed by atoms with E-state index in [1.807, 2.05) is 32.0 Å². The van der Waals surface area contributed by atoms with Crippen LogP contribution in [0.5, 0.6) is 5.75 Å². The van der Waals surface area contributed by atoms with Gasteiger partial charge in [-0.05, 0) is 50.2 Å². The standard InChI is InChI=1S/C18H19N5O/c1-12(2)20-18-22-16(13-4-3-9-19-11-13)10-17(23-18)21-14-5-7-15(24)8-6-14/h3-12,24H,1-2H3,(H2,20,21,22,23). The van der Waals surface area contributed by atoms with Crippen molar-refractivity contribution in [2.75, 3.05) is 10.6 Å². The maximum atomic E-state index is 9.39. The lowest BCUT2D eigenvalue weighted by molar-refractivity contribution is 0.475. The van der Waals surface area contributed by atoms with Gasteiger partial charge in [0.2, 0.25) is 5.95 Å².